The van der Waals surface area contributed by atoms with Gasteiger partial charge in [0.15, 0.2) is 5.82 Å². The van der Waals surface area contributed by atoms with Gasteiger partial charge in [-0.25, -0.2) is 0 Å². The average molecular weight is 173 g/mol. The second kappa shape index (κ2) is 6.60. The van der Waals surface area contributed by atoms with E-state index in [4.69, 9.17) is 9.26 Å². The van der Waals surface area contributed by atoms with Gasteiger partial charge in [0, 0.05) is 14.2 Å². The van der Waals surface area contributed by atoms with E-state index in [0.717, 1.165) is 0 Å². The zero-order chi connectivity index (χ0) is 9.40. The Morgan fingerprint density at radius 2 is 2.17 bits per heavy atom. The summed E-state index contributed by atoms with van der Waals surface area (Å²) in [5, 5.41) is 6.31. The van der Waals surface area contributed by atoms with Crippen molar-refractivity contribution >= 4 is 6.01 Å². The number of methoxy groups -OCH3 is 1. The molecule has 1 aromatic heterocycles. The molecule has 0 aliphatic rings. The summed E-state index contributed by atoms with van der Waals surface area (Å²) >= 11 is 0. The Hall–Kier alpha value is -1.10. The molecule has 70 valence electrons. The topological polar surface area (TPSA) is 60.2 Å². The molecule has 12 heavy (non-hydrogen) atoms. The van der Waals surface area contributed by atoms with E-state index in [2.05, 4.69) is 15.5 Å². The lowest BCUT2D eigenvalue weighted by molar-refractivity contribution is 0.174. The third-order valence-corrected chi connectivity index (χ3v) is 0.955. The molecule has 0 spiro atoms. The van der Waals surface area contributed by atoms with E-state index in [1.54, 1.807) is 14.2 Å². The van der Waals surface area contributed by atoms with Crippen molar-refractivity contribution in [2.45, 2.75) is 20.5 Å². The predicted molar refractivity (Wildman–Crippen MR) is 45.9 cm³/mol. The molecule has 5 heteroatoms. The fourth-order valence-electron chi connectivity index (χ4n) is 0.543. The molecule has 0 radical (unpaired) electrons. The van der Waals surface area contributed by atoms with Crippen LogP contribution >= 0.6 is 0 Å². The highest BCUT2D eigenvalue weighted by Gasteiger charge is 2.01. The summed E-state index contributed by atoms with van der Waals surface area (Å²) < 4.78 is 9.49. The Labute approximate surface area is 72.1 Å². The van der Waals surface area contributed by atoms with E-state index in [1.165, 1.54) is 0 Å². The lowest BCUT2D eigenvalue weighted by atomic mass is 10.7. The minimum Gasteiger partial charge on any atom is -0.377 e. The standard InChI is InChI=1S/C5H9N3O2.C2H6/c1-6-5-7-4(3-9-2)8-10-5;1-2/h3H2,1-2H3,(H,6,7,8);1-2H3. The van der Waals surface area contributed by atoms with Gasteiger partial charge in [-0.3, -0.25) is 0 Å². The van der Waals surface area contributed by atoms with Gasteiger partial charge >= 0.3 is 6.01 Å². The first-order valence-electron chi connectivity index (χ1n) is 3.86. The molecule has 0 fully saturated rings. The van der Waals surface area contributed by atoms with Gasteiger partial charge < -0.3 is 14.6 Å². The molecule has 0 aliphatic carbocycles. The third-order valence-electron chi connectivity index (χ3n) is 0.955. The van der Waals surface area contributed by atoms with Crippen LogP contribution in [-0.2, 0) is 11.3 Å². The number of nitrogens with zero attached hydrogens (tertiary/aromatic N) is 2. The van der Waals surface area contributed by atoms with Gasteiger partial charge in [0.1, 0.15) is 6.61 Å². The van der Waals surface area contributed by atoms with E-state index in [1.807, 2.05) is 13.8 Å². The summed E-state index contributed by atoms with van der Waals surface area (Å²) in [7, 11) is 3.29. The minimum atomic E-state index is 0.380. The summed E-state index contributed by atoms with van der Waals surface area (Å²) in [4.78, 5) is 3.90. The van der Waals surface area contributed by atoms with Gasteiger partial charge in [-0.2, -0.15) is 4.98 Å². The number of rotatable bonds is 3. The maximum Gasteiger partial charge on any atom is 0.321 e. The van der Waals surface area contributed by atoms with Crippen LogP contribution in [0.3, 0.4) is 0 Å². The van der Waals surface area contributed by atoms with Crippen LogP contribution in [0.25, 0.3) is 0 Å². The van der Waals surface area contributed by atoms with Crippen molar-refractivity contribution in [2.75, 3.05) is 19.5 Å². The van der Waals surface area contributed by atoms with Crippen LogP contribution in [0.5, 0.6) is 0 Å². The molecule has 1 rings (SSSR count). The number of aromatic nitrogens is 2. The Kier molecular flexibility index (Phi) is 6.00. The van der Waals surface area contributed by atoms with Crippen molar-refractivity contribution in [1.29, 1.82) is 0 Å². The Balaban J connectivity index is 0.000000561. The first-order valence-corrected chi connectivity index (χ1v) is 3.86. The van der Waals surface area contributed by atoms with Crippen molar-refractivity contribution < 1.29 is 9.26 Å². The summed E-state index contributed by atoms with van der Waals surface area (Å²) in [5.41, 5.74) is 0. The molecule has 1 heterocycles. The van der Waals surface area contributed by atoms with E-state index in [9.17, 15) is 0 Å². The summed E-state index contributed by atoms with van der Waals surface area (Å²) in [5.74, 6) is 0.548. The Bertz CT molecular complexity index is 200. The van der Waals surface area contributed by atoms with E-state index in [0.29, 0.717) is 18.4 Å². The van der Waals surface area contributed by atoms with Crippen LogP contribution < -0.4 is 5.32 Å². The molecule has 0 atom stereocenters. The van der Waals surface area contributed by atoms with Crippen LogP contribution in [0.4, 0.5) is 6.01 Å². The maximum absolute atomic E-state index is 4.77. The van der Waals surface area contributed by atoms with E-state index < -0.39 is 0 Å². The SMILES string of the molecule is CC.CNc1nc(COC)no1. The number of hydrogen-bond acceptors (Lipinski definition) is 5. The second-order valence-electron chi connectivity index (χ2n) is 1.70. The number of ether oxygens (including phenoxy) is 1. The summed E-state index contributed by atoms with van der Waals surface area (Å²) in [6, 6.07) is 0.409. The number of nitrogens with one attached hydrogen (secondary N) is 1. The molecule has 0 unspecified atom stereocenters. The predicted octanol–water partition coefficient (Wildman–Crippen LogP) is 1.28. The number of hydrogen-bond donors (Lipinski definition) is 1. The molecule has 0 aromatic carbocycles. The highest BCUT2D eigenvalue weighted by atomic mass is 16.5. The first kappa shape index (κ1) is 10.9. The van der Waals surface area contributed by atoms with Crippen molar-refractivity contribution in [1.82, 2.24) is 10.1 Å². The lowest BCUT2D eigenvalue weighted by Gasteiger charge is -1.86. The molecular weight excluding hydrogens is 158 g/mol. The first-order chi connectivity index (χ1) is 5.86. The van der Waals surface area contributed by atoms with Crippen LogP contribution in [0.1, 0.15) is 19.7 Å². The maximum atomic E-state index is 4.77. The highest BCUT2D eigenvalue weighted by molar-refractivity contribution is 5.15. The van der Waals surface area contributed by atoms with Crippen molar-refractivity contribution in [3.63, 3.8) is 0 Å². The second-order valence-corrected chi connectivity index (χ2v) is 1.70. The summed E-state index contributed by atoms with van der Waals surface area (Å²) in [6.45, 7) is 4.38. The number of anilines is 1. The van der Waals surface area contributed by atoms with Gasteiger partial charge in [-0.05, 0) is 0 Å². The zero-order valence-corrected chi connectivity index (χ0v) is 7.92. The molecular formula is C7H15N3O2. The quantitative estimate of drug-likeness (QED) is 0.746. The largest absolute Gasteiger partial charge is 0.377 e. The van der Waals surface area contributed by atoms with Gasteiger partial charge in [-0.15, -0.1) is 0 Å². The fraction of sp³-hybridized carbons (Fsp3) is 0.714. The molecule has 1 N–H and O–H groups in total. The van der Waals surface area contributed by atoms with Crippen molar-refractivity contribution in [3.8, 4) is 0 Å². The van der Waals surface area contributed by atoms with E-state index >= 15 is 0 Å². The van der Waals surface area contributed by atoms with Gasteiger partial charge in [0.25, 0.3) is 0 Å². The van der Waals surface area contributed by atoms with Crippen LogP contribution in [-0.4, -0.2) is 24.3 Å². The van der Waals surface area contributed by atoms with Crippen LogP contribution in [0.2, 0.25) is 0 Å². The zero-order valence-electron chi connectivity index (χ0n) is 7.92. The molecule has 0 aliphatic heterocycles. The monoisotopic (exact) mass is 173 g/mol. The molecule has 0 bridgehead atoms. The van der Waals surface area contributed by atoms with Crippen molar-refractivity contribution in [3.05, 3.63) is 5.82 Å². The Morgan fingerprint density at radius 1 is 1.50 bits per heavy atom. The normalized spacial score (nSPS) is 8.67. The van der Waals surface area contributed by atoms with Gasteiger partial charge in [0.05, 0.1) is 0 Å². The smallest absolute Gasteiger partial charge is 0.321 e. The fourth-order valence-corrected chi connectivity index (χ4v) is 0.543. The Morgan fingerprint density at radius 3 is 2.58 bits per heavy atom. The lowest BCUT2D eigenvalue weighted by Crippen LogP contribution is -1.91. The summed E-state index contributed by atoms with van der Waals surface area (Å²) in [6.07, 6.45) is 0. The molecule has 5 nitrogen and oxygen atoms in total. The molecule has 0 saturated heterocycles. The minimum absolute atomic E-state index is 0.380. The van der Waals surface area contributed by atoms with Crippen LogP contribution in [0, 0.1) is 0 Å². The molecule has 1 aromatic rings. The highest BCUT2D eigenvalue weighted by Crippen LogP contribution is 2.01. The van der Waals surface area contributed by atoms with E-state index in [-0.39, 0.29) is 0 Å². The van der Waals surface area contributed by atoms with Crippen LogP contribution in [0.15, 0.2) is 4.52 Å². The third kappa shape index (κ3) is 3.34. The molecule has 0 saturated carbocycles. The van der Waals surface area contributed by atoms with Crippen molar-refractivity contribution in [2.24, 2.45) is 0 Å². The van der Waals surface area contributed by atoms with Gasteiger partial charge in [-0.1, -0.05) is 19.0 Å². The average Bonchev–Trinajstić information content (AvgIpc) is 2.57. The van der Waals surface area contributed by atoms with Gasteiger partial charge in [0.2, 0.25) is 0 Å². The molecule has 0 amide bonds.